The van der Waals surface area contributed by atoms with Crippen LogP contribution in [-0.4, -0.2) is 275 Å². The minimum atomic E-state index is -2.52. The number of pyridine rings is 7. The van der Waals surface area contributed by atoms with Gasteiger partial charge >= 0.3 is 69.7 Å². The van der Waals surface area contributed by atoms with Crippen molar-refractivity contribution >= 4 is 109 Å². The molecular weight excluding hydrogens is 1840 g/mol. The summed E-state index contributed by atoms with van der Waals surface area (Å²) in [4.78, 5) is 29.0. The Morgan fingerprint density at radius 2 is 0.603 bits per heavy atom. The van der Waals surface area contributed by atoms with Crippen molar-refractivity contribution in [1.29, 1.82) is 0 Å². The molecule has 8 rings (SSSR count). The summed E-state index contributed by atoms with van der Waals surface area (Å²) in [6.45, 7) is 38.7. The second kappa shape index (κ2) is 76.9. The van der Waals surface area contributed by atoms with Crippen molar-refractivity contribution in [3.63, 3.8) is 0 Å². The van der Waals surface area contributed by atoms with E-state index in [1.165, 1.54) is 11.1 Å². The molecule has 29 nitrogen and oxygen atoms in total. The number of nitrogens with zero attached hydrogens (tertiary/aromatic N) is 8. The van der Waals surface area contributed by atoms with Crippen LogP contribution in [-0.2, 0) is 125 Å². The third-order valence-electron chi connectivity index (χ3n) is 19.5. The molecule has 0 bridgehead atoms. The average Bonchev–Trinajstić information content (AvgIpc) is 1.33. The van der Waals surface area contributed by atoms with Gasteiger partial charge in [0.15, 0.2) is 0 Å². The first kappa shape index (κ1) is 124. The zero-order chi connectivity index (χ0) is 97.0. The van der Waals surface area contributed by atoms with Crippen LogP contribution in [0, 0.1) is 0 Å². The quantitative estimate of drug-likeness (QED) is 0.0253. The molecule has 0 spiro atoms. The fraction of sp³-hybridized carbons (Fsp3) is 0.576. The van der Waals surface area contributed by atoms with Crippen LogP contribution in [0.1, 0.15) is 125 Å². The van der Waals surface area contributed by atoms with E-state index >= 15 is 0 Å². The smallest absolute Gasteiger partial charge is 0.391 e. The molecule has 0 aliphatic heterocycles. The van der Waals surface area contributed by atoms with Crippen molar-refractivity contribution in [3.8, 4) is 0 Å². The molecule has 0 amide bonds. The van der Waals surface area contributed by atoms with Gasteiger partial charge in [0.05, 0.1) is 5.32 Å². The molecule has 0 unspecified atom stereocenters. The Kier molecular flexibility index (Phi) is 72.8. The maximum absolute atomic E-state index is 5.81. The van der Waals surface area contributed by atoms with Crippen molar-refractivity contribution in [2.75, 3.05) is 166 Å². The van der Waals surface area contributed by atoms with Crippen molar-refractivity contribution in [2.45, 2.75) is 184 Å². The van der Waals surface area contributed by atoms with E-state index in [2.05, 4.69) is 83.1 Å². The summed E-state index contributed by atoms with van der Waals surface area (Å²) in [5, 5.41) is 3.17. The summed E-state index contributed by atoms with van der Waals surface area (Å²) in [6.07, 6.45) is 30.9. The lowest BCUT2D eigenvalue weighted by molar-refractivity contribution is 0.0706. The Bertz CT molecular complexity index is 3510. The highest BCUT2D eigenvalue weighted by Crippen LogP contribution is 2.24. The Hall–Kier alpha value is -5.07. The number of hydrogen-bond donors (Lipinski definition) is 0. The predicted molar refractivity (Wildman–Crippen MR) is 547 cm³/mol. The Balaban J connectivity index is 0.000000751. The summed E-state index contributed by atoms with van der Waals surface area (Å²) >= 11 is 3.89. The van der Waals surface area contributed by atoms with Crippen molar-refractivity contribution in [2.24, 2.45) is 0 Å². The van der Waals surface area contributed by atoms with Crippen LogP contribution < -0.4 is 15.7 Å². The molecule has 131 heavy (non-hydrogen) atoms. The maximum Gasteiger partial charge on any atom is 0.501 e. The molecule has 0 saturated carbocycles. The monoisotopic (exact) mass is 2000 g/mol. The summed E-state index contributed by atoms with van der Waals surface area (Å²) in [7, 11) is -3.79. The van der Waals surface area contributed by atoms with E-state index in [4.69, 9.17) is 92.9 Å². The number of thioether (sulfide) groups is 2. The first-order chi connectivity index (χ1) is 63.5. The Labute approximate surface area is 804 Å². The van der Waals surface area contributed by atoms with Gasteiger partial charge in [-0.25, -0.2) is 0 Å². The van der Waals surface area contributed by atoms with Crippen LogP contribution in [0.25, 0.3) is 0 Å². The molecule has 8 aromatic rings. The van der Waals surface area contributed by atoms with Gasteiger partial charge in [-0.1, -0.05) is 24.3 Å². The lowest BCUT2D eigenvalue weighted by atomic mass is 10.2. The molecule has 0 atom stereocenters. The lowest BCUT2D eigenvalue weighted by Crippen LogP contribution is -2.52. The number of hydrogen-bond acceptors (Lipinski definition) is 30. The van der Waals surface area contributed by atoms with E-state index in [1.54, 1.807) is 107 Å². The molecule has 0 fully saturated rings. The van der Waals surface area contributed by atoms with Gasteiger partial charge in [-0.2, -0.15) is 23.5 Å². The van der Waals surface area contributed by atoms with Crippen LogP contribution in [0.15, 0.2) is 196 Å². The fourth-order valence-corrected chi connectivity index (χ4v) is 32.3. The predicted octanol–water partition coefficient (Wildman–Crippen LogP) is 16.7. The molecule has 0 saturated heterocycles. The minimum Gasteiger partial charge on any atom is -0.391 e. The first-order valence-electron chi connectivity index (χ1n) is 45.7. The molecular formula is C92H162N8O21S2Si8. The van der Waals surface area contributed by atoms with Crippen LogP contribution in [0.2, 0.25) is 49.9 Å². The van der Waals surface area contributed by atoms with Gasteiger partial charge < -0.3 is 97.5 Å². The molecule has 0 N–H and O–H groups in total. The highest BCUT2D eigenvalue weighted by Gasteiger charge is 2.43. The first-order valence-corrected chi connectivity index (χ1v) is 64.6. The third kappa shape index (κ3) is 52.3. The van der Waals surface area contributed by atoms with Gasteiger partial charge in [0.1, 0.15) is 0 Å². The number of aryl methyl sites for hydroxylation is 5. The van der Waals surface area contributed by atoms with E-state index < -0.39 is 69.7 Å². The standard InChI is InChI=1S/2C13H23NO3SSi.2C13H23NO3Si.C10H19NO3Si.3C10H17NO2Si/c1-15-19(16-2,17-3)12-4-10-18-11-7-13-5-8-14-9-6-13;1-15-19(16-2,17-3)12-6-10-18-11-8-13-7-4-5-9-14-13;1-4-15-18(16-5-2,17-6-3)12-9-13-7-10-14-11-8-13;1-4-15-18(16-5-2,17-6-3)12-10-13-9-7-8-11-14-13;1-12-15(13-2,14-3)10-6-9-11-7-4-5-8-11;1-4-12-14(3,13-5-2)10-6-8-11-9-7-10;1-4-12-14(3,13-5-2)10-7-6-8-11-9-10;1-4-12-14(3,13-5-2)10-8-6-7-9-11-10/h5-6,8-9H,4,7,10-12H2,1-3H3;4-5,7,9H,6,8,10-12H2,1-3H3;7-8,10-11H,4-6,9,12H2,1-3H3;7-9,11H,4-6,10,12H2,1-3H3;4-5,7-8H,6,9-10H2,1-3H3;3*6-9H,4-5H2,1-3H3. The third-order valence-corrected chi connectivity index (χ3v) is 45.3. The van der Waals surface area contributed by atoms with Crippen LogP contribution in [0.5, 0.6) is 0 Å². The molecule has 0 radical (unpaired) electrons. The van der Waals surface area contributed by atoms with Gasteiger partial charge in [0.2, 0.25) is 0 Å². The molecule has 39 heteroatoms. The molecule has 740 valence electrons. The molecule has 8 heterocycles. The van der Waals surface area contributed by atoms with E-state index in [9.17, 15) is 0 Å². The largest absolute Gasteiger partial charge is 0.501 e. The molecule has 0 aliphatic rings. The molecule has 8 aromatic heterocycles. The van der Waals surface area contributed by atoms with Crippen LogP contribution in [0.3, 0.4) is 0 Å². The summed E-state index contributed by atoms with van der Waals surface area (Å²) in [5.74, 6) is 4.43. The average molecular weight is 2010 g/mol. The highest BCUT2D eigenvalue weighted by atomic mass is 32.2. The van der Waals surface area contributed by atoms with E-state index in [1.807, 2.05) is 235 Å². The fourth-order valence-electron chi connectivity index (χ4n) is 13.0. The summed E-state index contributed by atoms with van der Waals surface area (Å²) < 4.78 is 120. The Morgan fingerprint density at radius 3 is 0.954 bits per heavy atom. The number of rotatable bonds is 60. The number of aromatic nitrogens is 8. The van der Waals surface area contributed by atoms with Crippen LogP contribution in [0.4, 0.5) is 0 Å². The minimum absolute atomic E-state index is 0.619. The zero-order valence-corrected chi connectivity index (χ0v) is 93.1. The van der Waals surface area contributed by atoms with Gasteiger partial charge in [-0.3, -0.25) is 34.9 Å². The van der Waals surface area contributed by atoms with Crippen molar-refractivity contribution < 1.29 is 92.9 Å². The summed E-state index contributed by atoms with van der Waals surface area (Å²) in [6, 6.07) is 42.1. The van der Waals surface area contributed by atoms with Gasteiger partial charge in [-0.05, 0) is 278 Å². The second-order valence-corrected chi connectivity index (χ2v) is 54.5. The van der Waals surface area contributed by atoms with E-state index in [0.717, 1.165) is 132 Å². The van der Waals surface area contributed by atoms with Crippen LogP contribution >= 0.6 is 23.5 Å². The normalized spacial score (nSPS) is 11.7. The van der Waals surface area contributed by atoms with Crippen molar-refractivity contribution in [1.82, 2.24) is 39.5 Å². The molecule has 0 aliphatic carbocycles. The Morgan fingerprint density at radius 1 is 0.267 bits per heavy atom. The van der Waals surface area contributed by atoms with E-state index in [0.29, 0.717) is 79.3 Å². The van der Waals surface area contributed by atoms with Gasteiger partial charge in [0.25, 0.3) is 0 Å². The van der Waals surface area contributed by atoms with E-state index in [-0.39, 0.29) is 0 Å². The maximum atomic E-state index is 5.81. The lowest BCUT2D eigenvalue weighted by Gasteiger charge is -2.28. The topological polar surface area (TPSA) is 289 Å². The zero-order valence-electron chi connectivity index (χ0n) is 83.4. The summed E-state index contributed by atoms with van der Waals surface area (Å²) in [5.41, 5.74) is 4.79. The highest BCUT2D eigenvalue weighted by molar-refractivity contribution is 7.99. The SMILES string of the molecule is CCO[Si](C)(OCC)c1ccccn1.CCO[Si](C)(OCC)c1cccnc1.CCO[Si](C)(OCC)c1ccncc1.CCO[Si](CCc1ccccn1)(OCC)OCC.CCO[Si](CCc1ccncc1)(OCC)OCC.CO[Si](CCCSCCc1ccccn1)(OC)OC.CO[Si](CCCSCCc1ccncc1)(OC)OC.CO[Si](CCCn1cccc1)(OC)OC. The molecule has 0 aromatic carbocycles. The van der Waals surface area contributed by atoms with Gasteiger partial charge in [-0.15, -0.1) is 0 Å². The second-order valence-electron chi connectivity index (χ2n) is 28.3. The van der Waals surface area contributed by atoms with Gasteiger partial charge in [0, 0.05) is 277 Å². The van der Waals surface area contributed by atoms with Crippen molar-refractivity contribution in [3.05, 3.63) is 218 Å².